The SMILES string of the molecule is CCc1cn2c(-c3ccc(N4CCN(C(=O)OC(C)(C)C)CC4)nc3)cnc(-c3ccncc3)c2n1. The van der Waals surface area contributed by atoms with E-state index >= 15 is 0 Å². The molecule has 0 unspecified atom stereocenters. The van der Waals surface area contributed by atoms with Crippen LogP contribution in [-0.2, 0) is 11.2 Å². The molecule has 0 aromatic carbocycles. The average Bonchev–Trinajstić information content (AvgIpc) is 3.33. The number of rotatable bonds is 4. The Labute approximate surface area is 210 Å². The van der Waals surface area contributed by atoms with Crippen LogP contribution in [0.4, 0.5) is 10.6 Å². The lowest BCUT2D eigenvalue weighted by atomic mass is 10.1. The summed E-state index contributed by atoms with van der Waals surface area (Å²) in [4.78, 5) is 34.8. The van der Waals surface area contributed by atoms with E-state index in [9.17, 15) is 4.79 Å². The molecule has 9 nitrogen and oxygen atoms in total. The molecule has 0 aliphatic carbocycles. The third kappa shape index (κ3) is 4.86. The van der Waals surface area contributed by atoms with Gasteiger partial charge in [0, 0.05) is 62.1 Å². The van der Waals surface area contributed by atoms with Crippen molar-refractivity contribution in [2.45, 2.75) is 39.7 Å². The van der Waals surface area contributed by atoms with Crippen molar-refractivity contribution in [3.05, 3.63) is 60.9 Å². The van der Waals surface area contributed by atoms with Crippen LogP contribution in [0.5, 0.6) is 0 Å². The number of ether oxygens (including phenoxy) is 1. The van der Waals surface area contributed by atoms with E-state index in [0.29, 0.717) is 26.2 Å². The van der Waals surface area contributed by atoms with Crippen molar-refractivity contribution in [2.75, 3.05) is 31.1 Å². The van der Waals surface area contributed by atoms with Crippen molar-refractivity contribution < 1.29 is 9.53 Å². The molecule has 0 atom stereocenters. The maximum atomic E-state index is 12.4. The number of carbonyl (C=O) groups is 1. The van der Waals surface area contributed by atoms with Gasteiger partial charge >= 0.3 is 6.09 Å². The number of hydrogen-bond acceptors (Lipinski definition) is 7. The van der Waals surface area contributed by atoms with E-state index < -0.39 is 5.60 Å². The van der Waals surface area contributed by atoms with Crippen LogP contribution in [0, 0.1) is 0 Å². The molecule has 1 fully saturated rings. The van der Waals surface area contributed by atoms with E-state index in [2.05, 4.69) is 33.5 Å². The highest BCUT2D eigenvalue weighted by Crippen LogP contribution is 2.28. The highest BCUT2D eigenvalue weighted by Gasteiger charge is 2.26. The maximum Gasteiger partial charge on any atom is 0.410 e. The van der Waals surface area contributed by atoms with Crippen LogP contribution in [0.25, 0.3) is 28.2 Å². The summed E-state index contributed by atoms with van der Waals surface area (Å²) < 4.78 is 7.60. The average molecular weight is 486 g/mol. The number of imidazole rings is 1. The van der Waals surface area contributed by atoms with Crippen LogP contribution in [0.2, 0.25) is 0 Å². The van der Waals surface area contributed by atoms with Crippen molar-refractivity contribution in [3.63, 3.8) is 0 Å². The van der Waals surface area contributed by atoms with Gasteiger partial charge in [-0.25, -0.2) is 14.8 Å². The molecule has 0 bridgehead atoms. The van der Waals surface area contributed by atoms with Crippen molar-refractivity contribution in [1.82, 2.24) is 29.2 Å². The first kappa shape index (κ1) is 23.7. The van der Waals surface area contributed by atoms with Gasteiger partial charge in [0.1, 0.15) is 17.1 Å². The fourth-order valence-electron chi connectivity index (χ4n) is 4.29. The number of pyridine rings is 2. The van der Waals surface area contributed by atoms with Gasteiger partial charge in [-0.15, -0.1) is 0 Å². The summed E-state index contributed by atoms with van der Waals surface area (Å²) in [7, 11) is 0. The van der Waals surface area contributed by atoms with Gasteiger partial charge < -0.3 is 14.5 Å². The fourth-order valence-corrected chi connectivity index (χ4v) is 4.29. The second-order valence-electron chi connectivity index (χ2n) is 9.87. The number of aromatic nitrogens is 5. The van der Waals surface area contributed by atoms with Crippen LogP contribution in [0.15, 0.2) is 55.2 Å². The van der Waals surface area contributed by atoms with Crippen molar-refractivity contribution >= 4 is 17.6 Å². The lowest BCUT2D eigenvalue weighted by Gasteiger charge is -2.36. The minimum atomic E-state index is -0.491. The minimum absolute atomic E-state index is 0.260. The summed E-state index contributed by atoms with van der Waals surface area (Å²) in [5.74, 6) is 0.889. The Bertz CT molecular complexity index is 1350. The molecule has 1 aliphatic rings. The van der Waals surface area contributed by atoms with Gasteiger partial charge in [-0.3, -0.25) is 14.4 Å². The predicted octanol–water partition coefficient (Wildman–Crippen LogP) is 4.47. The molecule has 0 radical (unpaired) electrons. The molecule has 5 rings (SSSR count). The molecule has 36 heavy (non-hydrogen) atoms. The van der Waals surface area contributed by atoms with Crippen molar-refractivity contribution in [3.8, 4) is 22.5 Å². The van der Waals surface area contributed by atoms with E-state index in [1.807, 2.05) is 51.4 Å². The zero-order chi connectivity index (χ0) is 25.3. The van der Waals surface area contributed by atoms with E-state index in [-0.39, 0.29) is 6.09 Å². The van der Waals surface area contributed by atoms with Crippen LogP contribution < -0.4 is 4.90 Å². The monoisotopic (exact) mass is 485 g/mol. The first-order valence-corrected chi connectivity index (χ1v) is 12.3. The minimum Gasteiger partial charge on any atom is -0.444 e. The van der Waals surface area contributed by atoms with E-state index in [1.165, 1.54) is 0 Å². The third-order valence-electron chi connectivity index (χ3n) is 6.16. The Morgan fingerprint density at radius 3 is 2.36 bits per heavy atom. The number of aryl methyl sites for hydroxylation is 1. The highest BCUT2D eigenvalue weighted by molar-refractivity contribution is 5.77. The highest BCUT2D eigenvalue weighted by atomic mass is 16.6. The third-order valence-corrected chi connectivity index (χ3v) is 6.16. The van der Waals surface area contributed by atoms with Crippen LogP contribution in [-0.4, -0.2) is 67.1 Å². The van der Waals surface area contributed by atoms with E-state index in [1.54, 1.807) is 17.3 Å². The van der Waals surface area contributed by atoms with Gasteiger partial charge in [-0.05, 0) is 51.5 Å². The first-order valence-electron chi connectivity index (χ1n) is 12.3. The number of anilines is 1. The normalized spacial score (nSPS) is 14.3. The summed E-state index contributed by atoms with van der Waals surface area (Å²) in [6.07, 6.45) is 9.93. The van der Waals surface area contributed by atoms with E-state index in [4.69, 9.17) is 19.7 Å². The van der Waals surface area contributed by atoms with Crippen LogP contribution in [0.1, 0.15) is 33.4 Å². The lowest BCUT2D eigenvalue weighted by molar-refractivity contribution is 0.0240. The molecular formula is C27H31N7O2. The Balaban J connectivity index is 1.36. The molecule has 186 valence electrons. The molecule has 1 aliphatic heterocycles. The molecule has 0 saturated carbocycles. The zero-order valence-corrected chi connectivity index (χ0v) is 21.2. The quantitative estimate of drug-likeness (QED) is 0.421. The first-order chi connectivity index (χ1) is 17.3. The zero-order valence-electron chi connectivity index (χ0n) is 21.2. The summed E-state index contributed by atoms with van der Waals surface area (Å²) in [6, 6.07) is 7.98. The molecule has 1 amide bonds. The molecule has 0 N–H and O–H groups in total. The Morgan fingerprint density at radius 2 is 1.72 bits per heavy atom. The molecule has 0 spiro atoms. The Hall–Kier alpha value is -4.01. The summed E-state index contributed by atoms with van der Waals surface area (Å²) in [6.45, 7) is 10.4. The topological polar surface area (TPSA) is 88.8 Å². The van der Waals surface area contributed by atoms with Gasteiger partial charge in [0.05, 0.1) is 17.6 Å². The Kier molecular flexibility index (Phi) is 6.30. The van der Waals surface area contributed by atoms with Gasteiger partial charge in [0.15, 0.2) is 5.65 Å². The van der Waals surface area contributed by atoms with Gasteiger partial charge in [-0.2, -0.15) is 0 Å². The molecule has 4 aromatic heterocycles. The van der Waals surface area contributed by atoms with Gasteiger partial charge in [0.2, 0.25) is 0 Å². The largest absolute Gasteiger partial charge is 0.444 e. The number of carbonyl (C=O) groups excluding carboxylic acids is 1. The Morgan fingerprint density at radius 1 is 0.972 bits per heavy atom. The van der Waals surface area contributed by atoms with Crippen molar-refractivity contribution in [1.29, 1.82) is 0 Å². The lowest BCUT2D eigenvalue weighted by Crippen LogP contribution is -2.50. The standard InChI is InChI=1S/C27H31N7O2/c1-5-21-18-34-22(17-30-24(25(34)31-21)19-8-10-28-11-9-19)20-6-7-23(29-16-20)32-12-14-33(15-13-32)26(35)36-27(2,3)4/h6-11,16-18H,5,12-15H2,1-4H3. The van der Waals surface area contributed by atoms with Gasteiger partial charge in [0.25, 0.3) is 0 Å². The molecule has 1 saturated heterocycles. The van der Waals surface area contributed by atoms with Crippen LogP contribution in [0.3, 0.4) is 0 Å². The second kappa shape index (κ2) is 9.56. The molecule has 5 heterocycles. The number of amides is 1. The van der Waals surface area contributed by atoms with E-state index in [0.717, 1.165) is 46.1 Å². The number of piperazine rings is 1. The fraction of sp³-hybridized carbons (Fsp3) is 0.370. The summed E-state index contributed by atoms with van der Waals surface area (Å²) >= 11 is 0. The van der Waals surface area contributed by atoms with Crippen molar-refractivity contribution in [2.24, 2.45) is 0 Å². The number of fused-ring (bicyclic) bond motifs is 1. The molecule has 9 heteroatoms. The second-order valence-corrected chi connectivity index (χ2v) is 9.87. The van der Waals surface area contributed by atoms with Gasteiger partial charge in [-0.1, -0.05) is 6.92 Å². The predicted molar refractivity (Wildman–Crippen MR) is 139 cm³/mol. The smallest absolute Gasteiger partial charge is 0.410 e. The van der Waals surface area contributed by atoms with Crippen LogP contribution >= 0.6 is 0 Å². The summed E-state index contributed by atoms with van der Waals surface area (Å²) in [5, 5.41) is 0. The molecular weight excluding hydrogens is 454 g/mol. The number of nitrogens with zero attached hydrogens (tertiary/aromatic N) is 7. The summed E-state index contributed by atoms with van der Waals surface area (Å²) in [5.41, 5.74) is 5.04. The number of hydrogen-bond donors (Lipinski definition) is 0. The molecule has 4 aromatic rings. The maximum absolute atomic E-state index is 12.4.